The average molecular weight is 360 g/mol. The molecule has 1 heterocycles. The zero-order valence-corrected chi connectivity index (χ0v) is 14.0. The van der Waals surface area contributed by atoms with Gasteiger partial charge in [0.15, 0.2) is 0 Å². The summed E-state index contributed by atoms with van der Waals surface area (Å²) in [6.07, 6.45) is 0. The van der Waals surface area contributed by atoms with E-state index in [0.717, 1.165) is 6.07 Å². The minimum Gasteiger partial charge on any atom is -0.489 e. The summed E-state index contributed by atoms with van der Waals surface area (Å²) in [6, 6.07) is 14.8. The Bertz CT molecular complexity index is 1100. The van der Waals surface area contributed by atoms with Gasteiger partial charge in [0.1, 0.15) is 35.6 Å². The van der Waals surface area contributed by atoms with Crippen molar-refractivity contribution >= 4 is 11.8 Å². The Labute approximate surface area is 154 Å². The van der Waals surface area contributed by atoms with Gasteiger partial charge in [0.05, 0.1) is 17.3 Å². The van der Waals surface area contributed by atoms with Crippen LogP contribution in [0.4, 0.5) is 16.2 Å². The Morgan fingerprint density at radius 1 is 1.04 bits per heavy atom. The van der Waals surface area contributed by atoms with Gasteiger partial charge in [-0.1, -0.05) is 18.2 Å². The van der Waals surface area contributed by atoms with E-state index in [-0.39, 0.29) is 35.2 Å². The van der Waals surface area contributed by atoms with E-state index in [9.17, 15) is 9.65 Å². The van der Waals surface area contributed by atoms with Gasteiger partial charge in [0.25, 0.3) is 0 Å². The van der Waals surface area contributed by atoms with Crippen molar-refractivity contribution < 1.29 is 9.13 Å². The van der Waals surface area contributed by atoms with Gasteiger partial charge in [-0.25, -0.2) is 9.37 Å². The van der Waals surface area contributed by atoms with E-state index in [2.05, 4.69) is 9.97 Å². The van der Waals surface area contributed by atoms with Gasteiger partial charge in [-0.3, -0.25) is 0 Å². The Hall–Kier alpha value is -4.17. The first-order valence-electron chi connectivity index (χ1n) is 7.76. The number of aromatic nitrogens is 2. The molecule has 27 heavy (non-hydrogen) atoms. The molecular formula is C19H13FN6O. The lowest BCUT2D eigenvalue weighted by molar-refractivity contribution is 0.300. The highest BCUT2D eigenvalue weighted by molar-refractivity contribution is 5.73. The molecule has 2 aromatic carbocycles. The van der Waals surface area contributed by atoms with E-state index < -0.39 is 5.82 Å². The molecule has 0 aliphatic rings. The number of hydrogen-bond acceptors (Lipinski definition) is 7. The number of nitrogens with zero attached hydrogens (tertiary/aromatic N) is 4. The number of rotatable bonds is 4. The molecule has 4 N–H and O–H groups in total. The van der Waals surface area contributed by atoms with Crippen LogP contribution in [0, 0.1) is 28.5 Å². The van der Waals surface area contributed by atoms with Crippen molar-refractivity contribution in [2.75, 3.05) is 11.5 Å². The van der Waals surface area contributed by atoms with Crippen LogP contribution in [-0.4, -0.2) is 9.97 Å². The zero-order valence-electron chi connectivity index (χ0n) is 14.0. The molecule has 7 nitrogen and oxygen atoms in total. The summed E-state index contributed by atoms with van der Waals surface area (Å²) in [5, 5.41) is 18.1. The van der Waals surface area contributed by atoms with E-state index in [1.165, 1.54) is 12.1 Å². The molecule has 0 spiro atoms. The maximum Gasteiger partial charge on any atom is 0.222 e. The first kappa shape index (κ1) is 17.6. The lowest BCUT2D eigenvalue weighted by Gasteiger charge is -2.10. The van der Waals surface area contributed by atoms with Gasteiger partial charge in [-0.15, -0.1) is 0 Å². The third kappa shape index (κ3) is 3.75. The standard InChI is InChI=1S/C19H13FN6O/c20-16-6-11(8-21)4-5-13(16)10-27-14-3-1-2-12(7-14)17-15(9-22)18(23)26-19(24)25-17/h1-7H,10H2,(H4,23,24,25,26). The van der Waals surface area contributed by atoms with Gasteiger partial charge in [0, 0.05) is 11.1 Å². The summed E-state index contributed by atoms with van der Waals surface area (Å²) in [5.41, 5.74) is 12.9. The molecule has 0 atom stereocenters. The highest BCUT2D eigenvalue weighted by atomic mass is 19.1. The summed E-state index contributed by atoms with van der Waals surface area (Å²) in [5.74, 6) is -0.136. The molecule has 3 aromatic rings. The van der Waals surface area contributed by atoms with Gasteiger partial charge < -0.3 is 16.2 Å². The fourth-order valence-electron chi connectivity index (χ4n) is 2.44. The molecule has 3 rings (SSSR count). The molecule has 0 bridgehead atoms. The minimum atomic E-state index is -0.520. The lowest BCUT2D eigenvalue weighted by atomic mass is 10.1. The third-order valence-corrected chi connectivity index (χ3v) is 3.75. The maximum atomic E-state index is 14.0. The topological polar surface area (TPSA) is 135 Å². The minimum absolute atomic E-state index is 0.00836. The van der Waals surface area contributed by atoms with Crippen LogP contribution in [0.2, 0.25) is 0 Å². The molecule has 0 aliphatic carbocycles. The number of halogens is 1. The average Bonchev–Trinajstić information content (AvgIpc) is 2.66. The van der Waals surface area contributed by atoms with E-state index in [1.807, 2.05) is 12.1 Å². The molecule has 8 heteroatoms. The van der Waals surface area contributed by atoms with Crippen molar-refractivity contribution in [2.24, 2.45) is 0 Å². The second kappa shape index (κ2) is 7.38. The Morgan fingerprint density at radius 3 is 2.56 bits per heavy atom. The maximum absolute atomic E-state index is 14.0. The Morgan fingerprint density at radius 2 is 1.85 bits per heavy atom. The second-order valence-electron chi connectivity index (χ2n) is 5.54. The summed E-state index contributed by atoms with van der Waals surface area (Å²) in [6.45, 7) is -0.0276. The lowest BCUT2D eigenvalue weighted by Crippen LogP contribution is -2.05. The fraction of sp³-hybridized carbons (Fsp3) is 0.0526. The molecule has 0 fully saturated rings. The normalized spacial score (nSPS) is 10.0. The molecule has 1 aromatic heterocycles. The van der Waals surface area contributed by atoms with Crippen LogP contribution in [-0.2, 0) is 6.61 Å². The Kier molecular flexibility index (Phi) is 4.82. The largest absolute Gasteiger partial charge is 0.489 e. The van der Waals surface area contributed by atoms with Crippen LogP contribution in [0.3, 0.4) is 0 Å². The van der Waals surface area contributed by atoms with Gasteiger partial charge in [0.2, 0.25) is 5.95 Å². The zero-order chi connectivity index (χ0) is 19.4. The van der Waals surface area contributed by atoms with Crippen molar-refractivity contribution in [1.82, 2.24) is 9.97 Å². The monoisotopic (exact) mass is 360 g/mol. The number of anilines is 2. The van der Waals surface area contributed by atoms with Crippen molar-refractivity contribution in [3.8, 4) is 29.1 Å². The molecule has 0 unspecified atom stereocenters. The highest BCUT2D eigenvalue weighted by Crippen LogP contribution is 2.28. The van der Waals surface area contributed by atoms with Gasteiger partial charge in [-0.05, 0) is 24.3 Å². The number of hydrogen-bond donors (Lipinski definition) is 2. The van der Waals surface area contributed by atoms with Crippen LogP contribution in [0.1, 0.15) is 16.7 Å². The highest BCUT2D eigenvalue weighted by Gasteiger charge is 2.14. The van der Waals surface area contributed by atoms with E-state index in [1.54, 1.807) is 24.3 Å². The molecule has 0 saturated carbocycles. The van der Waals surface area contributed by atoms with E-state index in [4.69, 9.17) is 21.5 Å². The van der Waals surface area contributed by atoms with Gasteiger partial charge in [-0.2, -0.15) is 15.5 Å². The predicted molar refractivity (Wildman–Crippen MR) is 96.5 cm³/mol. The van der Waals surface area contributed by atoms with Crippen molar-refractivity contribution in [3.63, 3.8) is 0 Å². The predicted octanol–water partition coefficient (Wildman–Crippen LogP) is 2.77. The number of benzene rings is 2. The Balaban J connectivity index is 1.87. The quantitative estimate of drug-likeness (QED) is 0.730. The first-order valence-corrected chi connectivity index (χ1v) is 7.76. The third-order valence-electron chi connectivity index (χ3n) is 3.75. The molecule has 0 radical (unpaired) electrons. The van der Waals surface area contributed by atoms with Crippen molar-refractivity contribution in [3.05, 3.63) is 65.0 Å². The van der Waals surface area contributed by atoms with Crippen LogP contribution >= 0.6 is 0 Å². The molecular weight excluding hydrogens is 347 g/mol. The number of nitrogens with two attached hydrogens (primary N) is 2. The van der Waals surface area contributed by atoms with Gasteiger partial charge >= 0.3 is 0 Å². The van der Waals surface area contributed by atoms with E-state index in [0.29, 0.717) is 16.9 Å². The van der Waals surface area contributed by atoms with Crippen LogP contribution in [0.5, 0.6) is 5.75 Å². The van der Waals surface area contributed by atoms with Crippen molar-refractivity contribution in [1.29, 1.82) is 10.5 Å². The number of nitrogen functional groups attached to an aromatic ring is 2. The second-order valence-corrected chi connectivity index (χ2v) is 5.54. The van der Waals surface area contributed by atoms with Crippen LogP contribution < -0.4 is 16.2 Å². The summed E-state index contributed by atoms with van der Waals surface area (Å²) < 4.78 is 19.6. The van der Waals surface area contributed by atoms with E-state index >= 15 is 0 Å². The first-order chi connectivity index (χ1) is 13.0. The molecule has 0 amide bonds. The molecule has 0 aliphatic heterocycles. The van der Waals surface area contributed by atoms with Crippen LogP contribution in [0.25, 0.3) is 11.3 Å². The molecule has 132 valence electrons. The number of nitriles is 2. The number of ether oxygens (including phenoxy) is 1. The fourth-order valence-corrected chi connectivity index (χ4v) is 2.44. The summed E-state index contributed by atoms with van der Waals surface area (Å²) >= 11 is 0. The summed E-state index contributed by atoms with van der Waals surface area (Å²) in [4.78, 5) is 7.86. The summed E-state index contributed by atoms with van der Waals surface area (Å²) in [7, 11) is 0. The SMILES string of the molecule is N#Cc1ccc(COc2cccc(-c3nc(N)nc(N)c3C#N)c2)c(F)c1. The molecule has 0 saturated heterocycles. The van der Waals surface area contributed by atoms with Crippen LogP contribution in [0.15, 0.2) is 42.5 Å². The smallest absolute Gasteiger partial charge is 0.222 e. The van der Waals surface area contributed by atoms with Crippen molar-refractivity contribution in [2.45, 2.75) is 6.61 Å².